The van der Waals surface area contributed by atoms with E-state index in [4.69, 9.17) is 0 Å². The zero-order chi connectivity index (χ0) is 11.1. The molecule has 1 heterocycles. The first-order chi connectivity index (χ1) is 7.26. The van der Waals surface area contributed by atoms with Crippen LogP contribution >= 0.6 is 11.8 Å². The maximum atomic E-state index is 4.25. The van der Waals surface area contributed by atoms with Crippen molar-refractivity contribution in [3.05, 3.63) is 18.0 Å². The number of aryl methyl sites for hydroxylation is 1. The number of aromatic nitrogens is 2. The second kappa shape index (κ2) is 6.90. The van der Waals surface area contributed by atoms with E-state index >= 15 is 0 Å². The number of hydrogen-bond donors (Lipinski definition) is 1. The van der Waals surface area contributed by atoms with E-state index in [0.717, 1.165) is 13.1 Å². The fraction of sp³-hybridized carbons (Fsp3) is 0.727. The fourth-order valence-electron chi connectivity index (χ4n) is 1.36. The smallest absolute Gasteiger partial charge is 0.0534 e. The molecule has 1 aromatic rings. The summed E-state index contributed by atoms with van der Waals surface area (Å²) in [6.45, 7) is 6.21. The summed E-state index contributed by atoms with van der Waals surface area (Å²) in [5, 5.41) is 7.75. The Balaban J connectivity index is 2.24. The predicted molar refractivity (Wildman–Crippen MR) is 67.2 cm³/mol. The van der Waals surface area contributed by atoms with Crippen molar-refractivity contribution in [3.8, 4) is 0 Å². The molecule has 0 aliphatic carbocycles. The molecule has 1 rings (SSSR count). The lowest BCUT2D eigenvalue weighted by molar-refractivity contribution is 0.537. The van der Waals surface area contributed by atoms with E-state index in [9.17, 15) is 0 Å². The molecule has 0 aliphatic heterocycles. The van der Waals surface area contributed by atoms with Crippen LogP contribution in [0.5, 0.6) is 0 Å². The Kier molecular flexibility index (Phi) is 5.79. The number of thioether (sulfide) groups is 1. The average Bonchev–Trinajstić information content (AvgIpc) is 2.71. The van der Waals surface area contributed by atoms with Crippen LogP contribution in [0.2, 0.25) is 0 Å². The van der Waals surface area contributed by atoms with Crippen molar-refractivity contribution in [2.24, 2.45) is 0 Å². The molecule has 1 unspecified atom stereocenters. The molecule has 0 saturated carbocycles. The van der Waals surface area contributed by atoms with Crippen LogP contribution in [0.3, 0.4) is 0 Å². The molecule has 4 heteroatoms. The Morgan fingerprint density at radius 3 is 3.00 bits per heavy atom. The zero-order valence-electron chi connectivity index (χ0n) is 9.86. The third kappa shape index (κ3) is 4.71. The van der Waals surface area contributed by atoms with Gasteiger partial charge in [0.05, 0.1) is 6.20 Å². The lowest BCUT2D eigenvalue weighted by Crippen LogP contribution is -2.25. The normalized spacial score (nSPS) is 13.0. The molecule has 3 nitrogen and oxygen atoms in total. The van der Waals surface area contributed by atoms with Gasteiger partial charge in [0.1, 0.15) is 0 Å². The van der Waals surface area contributed by atoms with Gasteiger partial charge >= 0.3 is 0 Å². The van der Waals surface area contributed by atoms with Gasteiger partial charge in [0.2, 0.25) is 0 Å². The summed E-state index contributed by atoms with van der Waals surface area (Å²) in [5.41, 5.74) is 1.27. The molecule has 15 heavy (non-hydrogen) atoms. The molecule has 1 aromatic heterocycles. The highest BCUT2D eigenvalue weighted by Crippen LogP contribution is 2.02. The largest absolute Gasteiger partial charge is 0.310 e. The van der Waals surface area contributed by atoms with Crippen LogP contribution in [0.4, 0.5) is 0 Å². The van der Waals surface area contributed by atoms with Crippen molar-refractivity contribution in [2.75, 3.05) is 12.0 Å². The Morgan fingerprint density at radius 2 is 2.40 bits per heavy atom. The van der Waals surface area contributed by atoms with Crippen LogP contribution in [-0.4, -0.2) is 27.8 Å². The van der Waals surface area contributed by atoms with Crippen LogP contribution in [0, 0.1) is 0 Å². The highest BCUT2D eigenvalue weighted by Gasteiger charge is 2.02. The minimum absolute atomic E-state index is 0.586. The minimum Gasteiger partial charge on any atom is -0.310 e. The molecular weight excluding hydrogens is 206 g/mol. The third-order valence-corrected chi connectivity index (χ3v) is 3.06. The number of rotatable bonds is 7. The molecule has 0 radical (unpaired) electrons. The molecule has 0 amide bonds. The lowest BCUT2D eigenvalue weighted by Gasteiger charge is -2.11. The van der Waals surface area contributed by atoms with E-state index in [-0.39, 0.29) is 0 Å². The molecular formula is C11H21N3S. The second-order valence-electron chi connectivity index (χ2n) is 3.77. The van der Waals surface area contributed by atoms with Gasteiger partial charge in [-0.2, -0.15) is 16.9 Å². The van der Waals surface area contributed by atoms with Gasteiger partial charge in [-0.3, -0.25) is 4.68 Å². The number of nitrogens with one attached hydrogen (secondary N) is 1. The summed E-state index contributed by atoms with van der Waals surface area (Å²) in [6, 6.07) is 0.586. The van der Waals surface area contributed by atoms with Crippen molar-refractivity contribution >= 4 is 11.8 Å². The topological polar surface area (TPSA) is 29.9 Å². The first-order valence-electron chi connectivity index (χ1n) is 5.50. The van der Waals surface area contributed by atoms with Crippen LogP contribution in [-0.2, 0) is 13.1 Å². The third-order valence-electron chi connectivity index (χ3n) is 2.42. The van der Waals surface area contributed by atoms with E-state index in [2.05, 4.69) is 36.7 Å². The summed E-state index contributed by atoms with van der Waals surface area (Å²) in [7, 11) is 0. The quantitative estimate of drug-likeness (QED) is 0.774. The van der Waals surface area contributed by atoms with E-state index in [1.54, 1.807) is 0 Å². The van der Waals surface area contributed by atoms with Gasteiger partial charge in [0.25, 0.3) is 0 Å². The van der Waals surface area contributed by atoms with Crippen molar-refractivity contribution in [2.45, 2.75) is 39.4 Å². The summed E-state index contributed by atoms with van der Waals surface area (Å²) in [4.78, 5) is 0. The van der Waals surface area contributed by atoms with E-state index in [0.29, 0.717) is 6.04 Å². The van der Waals surface area contributed by atoms with Gasteiger partial charge in [-0.1, -0.05) is 0 Å². The van der Waals surface area contributed by atoms with E-state index in [1.807, 2.05) is 22.6 Å². The molecule has 0 bridgehead atoms. The van der Waals surface area contributed by atoms with Crippen molar-refractivity contribution < 1.29 is 0 Å². The van der Waals surface area contributed by atoms with Crippen LogP contribution in [0.25, 0.3) is 0 Å². The maximum Gasteiger partial charge on any atom is 0.0534 e. The Morgan fingerprint density at radius 1 is 1.60 bits per heavy atom. The van der Waals surface area contributed by atoms with E-state index in [1.165, 1.54) is 17.7 Å². The second-order valence-corrected chi connectivity index (χ2v) is 4.75. The Labute approximate surface area is 96.6 Å². The van der Waals surface area contributed by atoms with Crippen LogP contribution < -0.4 is 5.32 Å². The first kappa shape index (κ1) is 12.6. The lowest BCUT2D eigenvalue weighted by atomic mass is 10.2. The van der Waals surface area contributed by atoms with Crippen molar-refractivity contribution in [1.82, 2.24) is 15.1 Å². The molecule has 1 N–H and O–H groups in total. The highest BCUT2D eigenvalue weighted by molar-refractivity contribution is 7.98. The summed E-state index contributed by atoms with van der Waals surface area (Å²) < 4.78 is 1.96. The number of nitrogens with zero attached hydrogens (tertiary/aromatic N) is 2. The Hall–Kier alpha value is -0.480. The average molecular weight is 227 g/mol. The summed E-state index contributed by atoms with van der Waals surface area (Å²) in [5.74, 6) is 1.22. The van der Waals surface area contributed by atoms with Gasteiger partial charge in [0, 0.05) is 30.9 Å². The van der Waals surface area contributed by atoms with Gasteiger partial charge in [0.15, 0.2) is 0 Å². The molecule has 0 saturated heterocycles. The van der Waals surface area contributed by atoms with Crippen molar-refractivity contribution in [1.29, 1.82) is 0 Å². The predicted octanol–water partition coefficient (Wildman–Crippen LogP) is 2.13. The number of hydrogen-bond acceptors (Lipinski definition) is 3. The molecule has 0 spiro atoms. The van der Waals surface area contributed by atoms with E-state index < -0.39 is 0 Å². The molecule has 0 aromatic carbocycles. The molecule has 0 fully saturated rings. The molecule has 0 aliphatic rings. The minimum atomic E-state index is 0.586. The van der Waals surface area contributed by atoms with Crippen LogP contribution in [0.15, 0.2) is 12.4 Å². The monoisotopic (exact) mass is 227 g/mol. The SMILES string of the molecule is CCn1cc(CNC(C)CCSC)cn1. The standard InChI is InChI=1S/C11H21N3S/c1-4-14-9-11(8-13-14)7-12-10(2)5-6-15-3/h8-10,12H,4-7H2,1-3H3. The van der Waals surface area contributed by atoms with Crippen molar-refractivity contribution in [3.63, 3.8) is 0 Å². The summed E-state index contributed by atoms with van der Waals surface area (Å²) in [6.07, 6.45) is 7.42. The highest BCUT2D eigenvalue weighted by atomic mass is 32.2. The van der Waals surface area contributed by atoms with Gasteiger partial charge in [-0.25, -0.2) is 0 Å². The van der Waals surface area contributed by atoms with Gasteiger partial charge in [-0.15, -0.1) is 0 Å². The van der Waals surface area contributed by atoms with Crippen LogP contribution in [0.1, 0.15) is 25.8 Å². The van der Waals surface area contributed by atoms with Gasteiger partial charge in [-0.05, 0) is 32.3 Å². The first-order valence-corrected chi connectivity index (χ1v) is 6.89. The fourth-order valence-corrected chi connectivity index (χ4v) is 1.95. The zero-order valence-corrected chi connectivity index (χ0v) is 10.7. The van der Waals surface area contributed by atoms with Gasteiger partial charge < -0.3 is 5.32 Å². The Bertz CT molecular complexity index is 273. The maximum absolute atomic E-state index is 4.25. The molecule has 1 atom stereocenters. The summed E-state index contributed by atoms with van der Waals surface area (Å²) >= 11 is 1.90. The molecule has 86 valence electrons.